The lowest BCUT2D eigenvalue weighted by molar-refractivity contribution is -0.208. The number of unbranched alkanes of at least 4 members (excludes halogenated alkanes) is 15. The van der Waals surface area contributed by atoms with Crippen LogP contribution in [-0.4, -0.2) is 65.1 Å². The summed E-state index contributed by atoms with van der Waals surface area (Å²) in [4.78, 5) is 4.11. The summed E-state index contributed by atoms with van der Waals surface area (Å²) in [6.45, 7) is 8.50. The first-order valence-corrected chi connectivity index (χ1v) is 22.4. The number of anilines is 1. The van der Waals surface area contributed by atoms with Gasteiger partial charge in [0.05, 0.1) is 37.1 Å². The first-order chi connectivity index (χ1) is 26.5. The van der Waals surface area contributed by atoms with Crippen LogP contribution in [0.2, 0.25) is 5.02 Å². The van der Waals surface area contributed by atoms with Crippen LogP contribution in [0.5, 0.6) is 5.75 Å². The predicted octanol–water partition coefficient (Wildman–Crippen LogP) is 10.6. The van der Waals surface area contributed by atoms with Crippen molar-refractivity contribution in [2.75, 3.05) is 38.8 Å². The fourth-order valence-electron chi connectivity index (χ4n) is 7.62. The lowest BCUT2D eigenvalue weighted by Crippen LogP contribution is -2.48. The Balaban J connectivity index is 1.05. The molecule has 1 unspecified atom stereocenters. The third-order valence-electron chi connectivity index (χ3n) is 10.5. The highest BCUT2D eigenvalue weighted by atomic mass is 35.5. The van der Waals surface area contributed by atoms with Crippen molar-refractivity contribution in [2.45, 2.75) is 154 Å². The zero-order valence-electron chi connectivity index (χ0n) is 33.5. The quantitative estimate of drug-likeness (QED) is 0.0582. The number of halogens is 1. The van der Waals surface area contributed by atoms with Crippen molar-refractivity contribution in [2.24, 2.45) is 0 Å². The Bertz CT molecular complexity index is 1660. The van der Waals surface area contributed by atoms with Gasteiger partial charge in [-0.3, -0.25) is 9.05 Å². The SMILES string of the molecule is CCCCCCCCCCCCCCCCCCOCCOP(=O)(OC[C@@]1(C)OC[C@]2(c3ccc4c(N)ncnn34)OC(C)(C)O[C@H]12)Oc1ccccc1Cl. The van der Waals surface area contributed by atoms with Gasteiger partial charge in [0.2, 0.25) is 0 Å². The molecule has 12 nitrogen and oxygen atoms in total. The number of para-hydroxylation sites is 1. The van der Waals surface area contributed by atoms with Gasteiger partial charge in [-0.2, -0.15) is 5.10 Å². The van der Waals surface area contributed by atoms with E-state index in [9.17, 15) is 4.57 Å². The molecule has 0 radical (unpaired) electrons. The number of phosphoric ester groups is 1. The Morgan fingerprint density at radius 1 is 0.855 bits per heavy atom. The van der Waals surface area contributed by atoms with Gasteiger partial charge in [0.25, 0.3) is 0 Å². The molecule has 2 aromatic heterocycles. The molecule has 2 aliphatic heterocycles. The van der Waals surface area contributed by atoms with Crippen LogP contribution in [0.25, 0.3) is 5.52 Å². The minimum atomic E-state index is -4.24. The van der Waals surface area contributed by atoms with Gasteiger partial charge in [0, 0.05) is 6.61 Å². The number of ether oxygens (including phenoxy) is 4. The summed E-state index contributed by atoms with van der Waals surface area (Å²) in [7, 11) is -4.24. The van der Waals surface area contributed by atoms with Gasteiger partial charge < -0.3 is 29.2 Å². The van der Waals surface area contributed by atoms with E-state index >= 15 is 0 Å². The van der Waals surface area contributed by atoms with Gasteiger partial charge in [-0.25, -0.2) is 14.1 Å². The monoisotopic (exact) mass is 806 g/mol. The van der Waals surface area contributed by atoms with Crippen LogP contribution in [-0.2, 0) is 38.2 Å². The van der Waals surface area contributed by atoms with Crippen molar-refractivity contribution in [1.29, 1.82) is 0 Å². The Labute approximate surface area is 333 Å². The molecule has 2 saturated heterocycles. The molecule has 0 saturated carbocycles. The molecule has 2 N–H and O–H groups in total. The van der Waals surface area contributed by atoms with Gasteiger partial charge in [-0.1, -0.05) is 127 Å². The van der Waals surface area contributed by atoms with E-state index in [0.717, 1.165) is 12.8 Å². The van der Waals surface area contributed by atoms with E-state index in [1.807, 2.05) is 32.9 Å². The average molecular weight is 807 g/mol. The van der Waals surface area contributed by atoms with Crippen molar-refractivity contribution >= 4 is 30.8 Å². The Kier molecular flexibility index (Phi) is 16.7. The minimum absolute atomic E-state index is 0.00452. The van der Waals surface area contributed by atoms with Gasteiger partial charge in [0.15, 0.2) is 17.2 Å². The number of phosphoric acid groups is 1. The normalized spacial score (nSPS) is 23.0. The Hall–Kier alpha value is -2.28. The minimum Gasteiger partial charge on any atom is -0.402 e. The van der Waals surface area contributed by atoms with Crippen molar-refractivity contribution in [3.63, 3.8) is 0 Å². The van der Waals surface area contributed by atoms with E-state index in [-0.39, 0.29) is 37.2 Å². The number of benzene rings is 1. The molecule has 5 rings (SSSR count). The van der Waals surface area contributed by atoms with Gasteiger partial charge in [-0.15, -0.1) is 0 Å². The predicted molar refractivity (Wildman–Crippen MR) is 215 cm³/mol. The summed E-state index contributed by atoms with van der Waals surface area (Å²) in [5.41, 5.74) is 5.24. The van der Waals surface area contributed by atoms with Crippen molar-refractivity contribution in [3.8, 4) is 5.75 Å². The number of nitrogens with zero attached hydrogens (tertiary/aromatic N) is 3. The number of nitrogens with two attached hydrogens (primary N) is 1. The van der Waals surface area contributed by atoms with Crippen LogP contribution in [0.1, 0.15) is 136 Å². The molecule has 0 aliphatic carbocycles. The zero-order valence-corrected chi connectivity index (χ0v) is 35.1. The van der Waals surface area contributed by atoms with Gasteiger partial charge in [-0.05, 0) is 51.5 Å². The molecule has 55 heavy (non-hydrogen) atoms. The number of rotatable bonds is 27. The van der Waals surface area contributed by atoms with Crippen molar-refractivity contribution < 1.29 is 37.1 Å². The van der Waals surface area contributed by atoms with Gasteiger partial charge in [0.1, 0.15) is 29.3 Å². The highest BCUT2D eigenvalue weighted by Crippen LogP contribution is 2.56. The first kappa shape index (κ1) is 43.8. The maximum absolute atomic E-state index is 14.2. The molecule has 2 fully saturated rings. The fraction of sp³-hybridized carbons (Fsp3) is 0.707. The maximum atomic E-state index is 14.2. The number of hydrogen-bond acceptors (Lipinski definition) is 11. The molecule has 4 heterocycles. The Morgan fingerprint density at radius 2 is 1.49 bits per heavy atom. The molecule has 0 spiro atoms. The number of hydrogen-bond donors (Lipinski definition) is 1. The maximum Gasteiger partial charge on any atom is 0.530 e. The average Bonchev–Trinajstić information content (AvgIpc) is 3.81. The molecule has 3 aromatic rings. The summed E-state index contributed by atoms with van der Waals surface area (Å²) in [6, 6.07) is 10.4. The highest BCUT2D eigenvalue weighted by Gasteiger charge is 2.68. The third kappa shape index (κ3) is 12.1. The van der Waals surface area contributed by atoms with Crippen LogP contribution >= 0.6 is 19.4 Å². The van der Waals surface area contributed by atoms with Crippen molar-refractivity contribution in [3.05, 3.63) is 53.4 Å². The van der Waals surface area contributed by atoms with E-state index in [0.29, 0.717) is 23.6 Å². The van der Waals surface area contributed by atoms with E-state index in [1.165, 1.54) is 96.2 Å². The van der Waals surface area contributed by atoms with Crippen LogP contribution in [0.3, 0.4) is 0 Å². The number of aromatic nitrogens is 3. The fourth-order valence-corrected chi connectivity index (χ4v) is 9.14. The van der Waals surface area contributed by atoms with E-state index in [1.54, 1.807) is 28.8 Å². The summed E-state index contributed by atoms with van der Waals surface area (Å²) < 4.78 is 58.9. The summed E-state index contributed by atoms with van der Waals surface area (Å²) in [5, 5.41) is 4.70. The molecule has 308 valence electrons. The van der Waals surface area contributed by atoms with E-state index < -0.39 is 30.9 Å². The third-order valence-corrected chi connectivity index (χ3v) is 12.2. The highest BCUT2D eigenvalue weighted by molar-refractivity contribution is 7.48. The van der Waals surface area contributed by atoms with Crippen molar-refractivity contribution in [1.82, 2.24) is 14.6 Å². The lowest BCUT2D eigenvalue weighted by Gasteiger charge is -2.32. The smallest absolute Gasteiger partial charge is 0.402 e. The molecule has 1 aromatic carbocycles. The molecule has 2 aliphatic rings. The second-order valence-electron chi connectivity index (χ2n) is 15.6. The van der Waals surface area contributed by atoms with E-state index in [2.05, 4.69) is 17.0 Å². The van der Waals surface area contributed by atoms with Crippen LogP contribution in [0.15, 0.2) is 42.7 Å². The van der Waals surface area contributed by atoms with Crippen LogP contribution in [0, 0.1) is 0 Å². The molecular weight excluding hydrogens is 743 g/mol. The molecule has 0 bridgehead atoms. The largest absolute Gasteiger partial charge is 0.530 e. The number of nitrogen functional groups attached to an aromatic ring is 1. The topological polar surface area (TPSA) is 138 Å². The van der Waals surface area contributed by atoms with Crippen LogP contribution < -0.4 is 10.3 Å². The molecule has 4 atom stereocenters. The molecule has 0 amide bonds. The summed E-state index contributed by atoms with van der Waals surface area (Å²) in [5.74, 6) is -0.468. The standard InChI is InChI=1S/C41H64ClN4O8P/c1-5-6-7-8-9-10-11-12-13-14-15-16-17-18-19-22-27-48-28-29-50-55(47,53-35-24-21-20-23-33(35)42)51-30-40(4)38-41(31-49-40,54-39(2,3)52-38)36-26-25-34-37(43)44-32-45-46(34)36/h20-21,23-26,32,38H,5-19,22,27-31H2,1-4H3,(H2,43,44,45)/t38-,40-,41-,55?/m1/s1. The lowest BCUT2D eigenvalue weighted by atomic mass is 9.86. The summed E-state index contributed by atoms with van der Waals surface area (Å²) >= 11 is 6.38. The summed E-state index contributed by atoms with van der Waals surface area (Å²) in [6.07, 6.45) is 21.8. The zero-order chi connectivity index (χ0) is 39.2. The van der Waals surface area contributed by atoms with E-state index in [4.69, 9.17) is 49.9 Å². The molecule has 14 heteroatoms. The second-order valence-corrected chi connectivity index (χ2v) is 17.6. The second kappa shape index (κ2) is 20.9. The van der Waals surface area contributed by atoms with Crippen LogP contribution in [0.4, 0.5) is 5.82 Å². The first-order valence-electron chi connectivity index (χ1n) is 20.5. The number of fused-ring (bicyclic) bond motifs is 2. The Morgan fingerprint density at radius 3 is 2.15 bits per heavy atom. The molecular formula is C41H64ClN4O8P. The van der Waals surface area contributed by atoms with Gasteiger partial charge >= 0.3 is 7.82 Å².